The van der Waals surface area contributed by atoms with Gasteiger partial charge in [-0.05, 0) is 31.5 Å². The van der Waals surface area contributed by atoms with Crippen LogP contribution in [-0.4, -0.2) is 28.5 Å². The lowest BCUT2D eigenvalue weighted by Crippen LogP contribution is -2.34. The Bertz CT molecular complexity index is 802. The van der Waals surface area contributed by atoms with Crippen LogP contribution >= 0.6 is 11.3 Å². The van der Waals surface area contributed by atoms with Crippen molar-refractivity contribution in [2.45, 2.75) is 45.6 Å². The van der Waals surface area contributed by atoms with E-state index >= 15 is 0 Å². The van der Waals surface area contributed by atoms with Crippen molar-refractivity contribution in [3.8, 4) is 0 Å². The van der Waals surface area contributed by atoms with Gasteiger partial charge in [0.25, 0.3) is 0 Å². The molecule has 0 fully saturated rings. The summed E-state index contributed by atoms with van der Waals surface area (Å²) in [6.45, 7) is 5.78. The predicted octanol–water partition coefficient (Wildman–Crippen LogP) is 4.25. The van der Waals surface area contributed by atoms with Crippen LogP contribution in [0.3, 0.4) is 0 Å². The molecule has 0 bridgehead atoms. The van der Waals surface area contributed by atoms with E-state index in [2.05, 4.69) is 20.5 Å². The van der Waals surface area contributed by atoms with Crippen molar-refractivity contribution in [3.63, 3.8) is 0 Å². The minimum absolute atomic E-state index is 0.0406. The highest BCUT2D eigenvalue weighted by atomic mass is 32.1. The third-order valence-electron chi connectivity index (χ3n) is 4.14. The number of aromatic nitrogens is 1. The second kappa shape index (κ2) is 7.85. The number of benzene rings is 1. The normalized spacial score (nSPS) is 14.9. The van der Waals surface area contributed by atoms with Gasteiger partial charge in [-0.1, -0.05) is 12.1 Å². The van der Waals surface area contributed by atoms with Crippen molar-refractivity contribution in [3.05, 3.63) is 46.0 Å². The van der Waals surface area contributed by atoms with Crippen molar-refractivity contribution in [2.75, 3.05) is 11.9 Å². The number of urea groups is 1. The number of halogens is 3. The molecule has 0 saturated carbocycles. The molecule has 2 aromatic rings. The van der Waals surface area contributed by atoms with Crippen LogP contribution in [0.15, 0.2) is 24.3 Å². The minimum atomic E-state index is -4.31. The maximum Gasteiger partial charge on any atom is 0.416 e. The van der Waals surface area contributed by atoms with E-state index in [1.165, 1.54) is 23.5 Å². The van der Waals surface area contributed by atoms with Crippen LogP contribution in [0, 0.1) is 0 Å². The molecular weight excluding hydrogens is 377 g/mol. The lowest BCUT2D eigenvalue weighted by molar-refractivity contribution is -0.137. The second-order valence-corrected chi connectivity index (χ2v) is 7.88. The van der Waals surface area contributed by atoms with Crippen molar-refractivity contribution in [1.29, 1.82) is 0 Å². The molecule has 27 heavy (non-hydrogen) atoms. The molecule has 3 rings (SSSR count). The summed E-state index contributed by atoms with van der Waals surface area (Å²) in [6, 6.07) is 5.04. The summed E-state index contributed by atoms with van der Waals surface area (Å²) in [5, 5.41) is 6.07. The van der Waals surface area contributed by atoms with Gasteiger partial charge >= 0.3 is 12.2 Å². The molecule has 0 aliphatic carbocycles. The first-order chi connectivity index (χ1) is 12.7. The molecule has 2 N–H and O–H groups in total. The summed E-state index contributed by atoms with van der Waals surface area (Å²) >= 11 is 1.44. The summed E-state index contributed by atoms with van der Waals surface area (Å²) in [7, 11) is 0. The van der Waals surface area contributed by atoms with Gasteiger partial charge in [-0.2, -0.15) is 13.2 Å². The smallest absolute Gasteiger partial charge is 0.336 e. The number of nitrogens with zero attached hydrogens (tertiary/aromatic N) is 2. The number of amides is 2. The van der Waals surface area contributed by atoms with E-state index in [0.29, 0.717) is 18.2 Å². The zero-order valence-electron chi connectivity index (χ0n) is 15.1. The zero-order chi connectivity index (χ0) is 19.6. The van der Waals surface area contributed by atoms with E-state index < -0.39 is 11.7 Å². The Labute approximate surface area is 159 Å². The molecule has 9 heteroatoms. The summed E-state index contributed by atoms with van der Waals surface area (Å²) in [5.74, 6) is 0. The molecule has 1 aliphatic rings. The third-order valence-corrected chi connectivity index (χ3v) is 5.14. The number of carbonyl (C=O) groups is 1. The first-order valence-corrected chi connectivity index (χ1v) is 9.47. The number of thiazole rings is 1. The summed E-state index contributed by atoms with van der Waals surface area (Å²) in [4.78, 5) is 19.5. The van der Waals surface area contributed by atoms with Crippen LogP contribution in [0.25, 0.3) is 0 Å². The standard InChI is InChI=1S/C18H21F3N4OS/c1-11(2)22-16(26)24-17-23-14-7-8-25(10-15(14)27-17)9-12-3-5-13(6-4-12)18(19,20)21/h3-6,11H,7-10H2,1-2H3,(H2,22,23,24,26). The summed E-state index contributed by atoms with van der Waals surface area (Å²) in [6.07, 6.45) is -3.56. The Morgan fingerprint density at radius 3 is 2.63 bits per heavy atom. The fourth-order valence-electron chi connectivity index (χ4n) is 2.89. The lowest BCUT2D eigenvalue weighted by atomic mass is 10.1. The maximum atomic E-state index is 12.7. The predicted molar refractivity (Wildman–Crippen MR) is 98.7 cm³/mol. The first-order valence-electron chi connectivity index (χ1n) is 8.65. The van der Waals surface area contributed by atoms with Crippen molar-refractivity contribution < 1.29 is 18.0 Å². The van der Waals surface area contributed by atoms with E-state index in [1.807, 2.05) is 13.8 Å². The molecule has 0 saturated heterocycles. The number of rotatable bonds is 4. The Balaban J connectivity index is 1.60. The Hall–Kier alpha value is -2.13. The van der Waals surface area contributed by atoms with Gasteiger partial charge in [0.2, 0.25) is 0 Å². The number of hydrogen-bond donors (Lipinski definition) is 2. The lowest BCUT2D eigenvalue weighted by Gasteiger charge is -2.25. The fourth-order valence-corrected chi connectivity index (χ4v) is 3.94. The minimum Gasteiger partial charge on any atom is -0.336 e. The molecular formula is C18H21F3N4OS. The van der Waals surface area contributed by atoms with Crippen molar-refractivity contribution >= 4 is 22.5 Å². The quantitative estimate of drug-likeness (QED) is 0.810. The number of nitrogens with one attached hydrogen (secondary N) is 2. The van der Waals surface area contributed by atoms with E-state index in [9.17, 15) is 18.0 Å². The average molecular weight is 398 g/mol. The molecule has 0 atom stereocenters. The number of alkyl halides is 3. The molecule has 1 aromatic carbocycles. The highest BCUT2D eigenvalue weighted by molar-refractivity contribution is 7.15. The van der Waals surface area contributed by atoms with E-state index in [4.69, 9.17) is 0 Å². The highest BCUT2D eigenvalue weighted by Crippen LogP contribution is 2.31. The van der Waals surface area contributed by atoms with Crippen molar-refractivity contribution in [1.82, 2.24) is 15.2 Å². The SMILES string of the molecule is CC(C)NC(=O)Nc1nc2c(s1)CN(Cc1ccc(C(F)(F)F)cc1)CC2. The van der Waals surface area contributed by atoms with Crippen LogP contribution in [0.5, 0.6) is 0 Å². The van der Waals surface area contributed by atoms with Crippen LogP contribution < -0.4 is 10.6 Å². The molecule has 1 aliphatic heterocycles. The monoisotopic (exact) mass is 398 g/mol. The number of anilines is 1. The molecule has 0 unspecified atom stereocenters. The van der Waals surface area contributed by atoms with Gasteiger partial charge in [-0.15, -0.1) is 11.3 Å². The van der Waals surface area contributed by atoms with Crippen LogP contribution in [0.4, 0.5) is 23.1 Å². The number of fused-ring (bicyclic) bond motifs is 1. The fraction of sp³-hybridized carbons (Fsp3) is 0.444. The highest BCUT2D eigenvalue weighted by Gasteiger charge is 2.30. The van der Waals surface area contributed by atoms with Crippen LogP contribution in [0.1, 0.15) is 35.5 Å². The Morgan fingerprint density at radius 1 is 1.30 bits per heavy atom. The van der Waals surface area contributed by atoms with E-state index in [0.717, 1.165) is 41.2 Å². The molecule has 0 spiro atoms. The van der Waals surface area contributed by atoms with E-state index in [-0.39, 0.29) is 12.1 Å². The topological polar surface area (TPSA) is 57.3 Å². The summed E-state index contributed by atoms with van der Waals surface area (Å²) in [5.41, 5.74) is 1.18. The second-order valence-electron chi connectivity index (χ2n) is 6.80. The molecule has 5 nitrogen and oxygen atoms in total. The van der Waals surface area contributed by atoms with Crippen molar-refractivity contribution in [2.24, 2.45) is 0 Å². The third kappa shape index (κ3) is 5.20. The van der Waals surface area contributed by atoms with Gasteiger partial charge in [-0.25, -0.2) is 9.78 Å². The average Bonchev–Trinajstić information content (AvgIpc) is 2.95. The first kappa shape index (κ1) is 19.6. The number of carbonyl (C=O) groups excluding carboxylic acids is 1. The Kier molecular flexibility index (Phi) is 5.71. The van der Waals surface area contributed by atoms with Gasteiger partial charge in [-0.3, -0.25) is 10.2 Å². The van der Waals surface area contributed by atoms with Gasteiger partial charge in [0.05, 0.1) is 11.3 Å². The van der Waals surface area contributed by atoms with Gasteiger partial charge < -0.3 is 5.32 Å². The van der Waals surface area contributed by atoms with Gasteiger partial charge in [0.15, 0.2) is 5.13 Å². The maximum absolute atomic E-state index is 12.7. The van der Waals surface area contributed by atoms with Crippen LogP contribution in [-0.2, 0) is 25.7 Å². The Morgan fingerprint density at radius 2 is 2.00 bits per heavy atom. The molecule has 1 aromatic heterocycles. The van der Waals surface area contributed by atoms with Gasteiger partial charge in [0.1, 0.15) is 0 Å². The molecule has 2 heterocycles. The molecule has 2 amide bonds. The molecule has 146 valence electrons. The zero-order valence-corrected chi connectivity index (χ0v) is 15.9. The van der Waals surface area contributed by atoms with E-state index in [1.54, 1.807) is 0 Å². The van der Waals surface area contributed by atoms with Crippen LogP contribution in [0.2, 0.25) is 0 Å². The molecule has 0 radical (unpaired) electrons. The van der Waals surface area contributed by atoms with Gasteiger partial charge in [0, 0.05) is 37.0 Å². The largest absolute Gasteiger partial charge is 0.416 e. The number of hydrogen-bond acceptors (Lipinski definition) is 4. The summed E-state index contributed by atoms with van der Waals surface area (Å²) < 4.78 is 38.0.